The van der Waals surface area contributed by atoms with Crippen LogP contribution in [0.2, 0.25) is 0 Å². The van der Waals surface area contributed by atoms with Crippen molar-refractivity contribution in [3.8, 4) is 17.2 Å². The molecule has 0 radical (unpaired) electrons. The van der Waals surface area contributed by atoms with Crippen LogP contribution in [0.25, 0.3) is 10.9 Å². The Hall–Kier alpha value is -3.06. The van der Waals surface area contributed by atoms with Gasteiger partial charge in [0.1, 0.15) is 24.3 Å². The predicted octanol–water partition coefficient (Wildman–Crippen LogP) is 1.87. The minimum Gasteiger partial charge on any atom is -0.491 e. The Kier molecular flexibility index (Phi) is 4.22. The van der Waals surface area contributed by atoms with Crippen LogP contribution in [0.4, 0.5) is 0 Å². The molecule has 0 aliphatic carbocycles. The van der Waals surface area contributed by atoms with E-state index in [1.165, 1.54) is 4.57 Å². The SMILES string of the molecule is Cc1nc2ccccc2c(=O)n1C[C@@H](O)COc1ccc2c(c1)OCO2. The maximum absolute atomic E-state index is 12.6. The molecule has 1 aromatic heterocycles. The Morgan fingerprint density at radius 1 is 1.23 bits per heavy atom. The van der Waals surface area contributed by atoms with E-state index >= 15 is 0 Å². The number of hydrogen-bond acceptors (Lipinski definition) is 6. The number of para-hydroxylation sites is 1. The quantitative estimate of drug-likeness (QED) is 0.753. The number of ether oxygens (including phenoxy) is 3. The lowest BCUT2D eigenvalue weighted by Crippen LogP contribution is -2.32. The normalized spacial score (nSPS) is 13.8. The molecule has 0 spiro atoms. The standard InChI is InChI=1S/C19H18N2O5/c1-12-20-16-5-3-2-4-15(16)19(23)21(12)9-13(22)10-24-14-6-7-17-18(8-14)26-11-25-17/h2-8,13,22H,9-11H2,1H3/t13-/m1/s1. The fraction of sp³-hybridized carbons (Fsp3) is 0.263. The number of rotatable bonds is 5. The molecule has 0 saturated heterocycles. The minimum absolute atomic E-state index is 0.0400. The van der Waals surface area contributed by atoms with Gasteiger partial charge in [0.25, 0.3) is 5.56 Å². The Morgan fingerprint density at radius 3 is 2.92 bits per heavy atom. The van der Waals surface area contributed by atoms with Gasteiger partial charge in [-0.05, 0) is 31.2 Å². The number of hydrogen-bond donors (Lipinski definition) is 1. The molecule has 134 valence electrons. The summed E-state index contributed by atoms with van der Waals surface area (Å²) in [6.07, 6.45) is -0.861. The van der Waals surface area contributed by atoms with Crippen LogP contribution < -0.4 is 19.8 Å². The van der Waals surface area contributed by atoms with Crippen molar-refractivity contribution in [2.24, 2.45) is 0 Å². The Morgan fingerprint density at radius 2 is 2.04 bits per heavy atom. The Balaban J connectivity index is 1.47. The fourth-order valence-electron chi connectivity index (χ4n) is 2.92. The summed E-state index contributed by atoms with van der Waals surface area (Å²) in [5, 5.41) is 10.8. The topological polar surface area (TPSA) is 82.8 Å². The summed E-state index contributed by atoms with van der Waals surface area (Å²) in [6.45, 7) is 2.09. The monoisotopic (exact) mass is 354 g/mol. The smallest absolute Gasteiger partial charge is 0.261 e. The van der Waals surface area contributed by atoms with Crippen LogP contribution in [0.5, 0.6) is 17.2 Å². The van der Waals surface area contributed by atoms with Crippen LogP contribution in [0, 0.1) is 6.92 Å². The van der Waals surface area contributed by atoms with Gasteiger partial charge in [0.05, 0.1) is 17.4 Å². The van der Waals surface area contributed by atoms with E-state index in [0.717, 1.165) is 0 Å². The van der Waals surface area contributed by atoms with Gasteiger partial charge in [0.2, 0.25) is 6.79 Å². The second-order valence-electron chi connectivity index (χ2n) is 6.07. The van der Waals surface area contributed by atoms with Gasteiger partial charge < -0.3 is 19.3 Å². The van der Waals surface area contributed by atoms with Gasteiger partial charge >= 0.3 is 0 Å². The van der Waals surface area contributed by atoms with Crippen molar-refractivity contribution >= 4 is 10.9 Å². The van der Waals surface area contributed by atoms with Gasteiger partial charge in [0, 0.05) is 6.07 Å². The summed E-state index contributed by atoms with van der Waals surface area (Å²) in [7, 11) is 0. The molecular weight excluding hydrogens is 336 g/mol. The molecule has 1 aliphatic rings. The molecule has 1 atom stereocenters. The number of benzene rings is 2. The van der Waals surface area contributed by atoms with Crippen LogP contribution in [0.3, 0.4) is 0 Å². The zero-order valence-corrected chi connectivity index (χ0v) is 14.2. The van der Waals surface area contributed by atoms with Gasteiger partial charge in [-0.25, -0.2) is 4.98 Å². The van der Waals surface area contributed by atoms with E-state index in [1.54, 1.807) is 43.3 Å². The van der Waals surface area contributed by atoms with Gasteiger partial charge in [-0.1, -0.05) is 12.1 Å². The van der Waals surface area contributed by atoms with Crippen LogP contribution in [-0.2, 0) is 6.54 Å². The molecule has 1 N–H and O–H groups in total. The second kappa shape index (κ2) is 6.68. The molecule has 2 aromatic carbocycles. The summed E-state index contributed by atoms with van der Waals surface area (Å²) < 4.78 is 17.6. The van der Waals surface area contributed by atoms with Gasteiger partial charge in [0.15, 0.2) is 11.5 Å². The molecule has 26 heavy (non-hydrogen) atoms. The van der Waals surface area contributed by atoms with Crippen molar-refractivity contribution in [2.45, 2.75) is 19.6 Å². The highest BCUT2D eigenvalue weighted by atomic mass is 16.7. The first kappa shape index (κ1) is 16.4. The molecule has 7 nitrogen and oxygen atoms in total. The first-order valence-electron chi connectivity index (χ1n) is 8.28. The van der Waals surface area contributed by atoms with Crippen molar-refractivity contribution in [1.82, 2.24) is 9.55 Å². The molecule has 0 fully saturated rings. The molecule has 1 aliphatic heterocycles. The van der Waals surface area contributed by atoms with E-state index in [0.29, 0.717) is 34.0 Å². The van der Waals surface area contributed by atoms with Crippen LogP contribution in [0.15, 0.2) is 47.3 Å². The highest BCUT2D eigenvalue weighted by Gasteiger charge is 2.16. The third-order valence-corrected chi connectivity index (χ3v) is 4.23. The molecule has 2 heterocycles. The van der Waals surface area contributed by atoms with E-state index in [2.05, 4.69) is 4.98 Å². The Labute approximate surface area is 149 Å². The molecule has 4 rings (SSSR count). The van der Waals surface area contributed by atoms with E-state index < -0.39 is 6.10 Å². The lowest BCUT2D eigenvalue weighted by atomic mass is 10.2. The maximum atomic E-state index is 12.6. The zero-order valence-electron chi connectivity index (χ0n) is 14.2. The zero-order chi connectivity index (χ0) is 18.1. The Bertz CT molecular complexity index is 1010. The number of nitrogens with zero attached hydrogens (tertiary/aromatic N) is 2. The third-order valence-electron chi connectivity index (χ3n) is 4.23. The predicted molar refractivity (Wildman–Crippen MR) is 94.8 cm³/mol. The van der Waals surface area contributed by atoms with Crippen molar-refractivity contribution in [1.29, 1.82) is 0 Å². The van der Waals surface area contributed by atoms with Crippen molar-refractivity contribution in [3.05, 3.63) is 58.6 Å². The van der Waals surface area contributed by atoms with E-state index in [1.807, 2.05) is 6.07 Å². The number of aryl methyl sites for hydroxylation is 1. The largest absolute Gasteiger partial charge is 0.491 e. The molecule has 0 unspecified atom stereocenters. The number of fused-ring (bicyclic) bond motifs is 2. The third kappa shape index (κ3) is 3.09. The molecular formula is C19H18N2O5. The molecule has 0 saturated carbocycles. The molecule has 3 aromatic rings. The summed E-state index contributed by atoms with van der Waals surface area (Å²) in [5.41, 5.74) is 0.479. The number of aromatic nitrogens is 2. The van der Waals surface area contributed by atoms with Gasteiger partial charge in [-0.2, -0.15) is 0 Å². The van der Waals surface area contributed by atoms with Crippen LogP contribution >= 0.6 is 0 Å². The molecule has 7 heteroatoms. The van der Waals surface area contributed by atoms with E-state index in [4.69, 9.17) is 14.2 Å². The average Bonchev–Trinajstić information content (AvgIpc) is 3.11. The molecule has 0 amide bonds. The highest BCUT2D eigenvalue weighted by molar-refractivity contribution is 5.77. The van der Waals surface area contributed by atoms with Crippen molar-refractivity contribution in [2.75, 3.05) is 13.4 Å². The average molecular weight is 354 g/mol. The van der Waals surface area contributed by atoms with Crippen LogP contribution in [-0.4, -0.2) is 34.2 Å². The second-order valence-corrected chi connectivity index (χ2v) is 6.07. The van der Waals surface area contributed by atoms with Crippen LogP contribution in [0.1, 0.15) is 5.82 Å². The van der Waals surface area contributed by atoms with Crippen molar-refractivity contribution in [3.63, 3.8) is 0 Å². The summed E-state index contributed by atoms with van der Waals surface area (Å²) in [4.78, 5) is 17.1. The molecule has 0 bridgehead atoms. The van der Waals surface area contributed by atoms with Crippen molar-refractivity contribution < 1.29 is 19.3 Å². The van der Waals surface area contributed by atoms with Gasteiger partial charge in [-0.3, -0.25) is 9.36 Å². The first-order valence-corrected chi connectivity index (χ1v) is 8.28. The summed E-state index contributed by atoms with van der Waals surface area (Å²) in [5.74, 6) is 2.40. The highest BCUT2D eigenvalue weighted by Crippen LogP contribution is 2.35. The van der Waals surface area contributed by atoms with E-state index in [9.17, 15) is 9.90 Å². The first-order chi connectivity index (χ1) is 12.6. The minimum atomic E-state index is -0.861. The lowest BCUT2D eigenvalue weighted by Gasteiger charge is -2.16. The summed E-state index contributed by atoms with van der Waals surface area (Å²) in [6, 6.07) is 12.4. The lowest BCUT2D eigenvalue weighted by molar-refractivity contribution is 0.0907. The van der Waals surface area contributed by atoms with Gasteiger partial charge in [-0.15, -0.1) is 0 Å². The number of aliphatic hydroxyl groups excluding tert-OH is 1. The maximum Gasteiger partial charge on any atom is 0.261 e. The summed E-state index contributed by atoms with van der Waals surface area (Å²) >= 11 is 0. The fourth-order valence-corrected chi connectivity index (χ4v) is 2.92. The number of aliphatic hydroxyl groups is 1. The van der Waals surface area contributed by atoms with E-state index in [-0.39, 0.29) is 25.5 Å².